The van der Waals surface area contributed by atoms with Crippen LogP contribution in [0, 0.1) is 11.8 Å². The van der Waals surface area contributed by atoms with E-state index in [4.69, 9.17) is 9.47 Å². The van der Waals surface area contributed by atoms with Crippen LogP contribution in [-0.2, 0) is 19.1 Å². The normalized spacial score (nSPS) is 18.1. The number of likely N-dealkylation sites (N-methyl/N-ethyl adjacent to an activating group) is 2. The van der Waals surface area contributed by atoms with Gasteiger partial charge in [-0.2, -0.15) is 0 Å². The zero-order valence-corrected chi connectivity index (χ0v) is 22.8. The lowest BCUT2D eigenvalue weighted by Crippen LogP contribution is -2.62. The van der Waals surface area contributed by atoms with Gasteiger partial charge < -0.3 is 29.9 Å². The molecule has 0 aromatic heterocycles. The maximum Gasteiger partial charge on any atom is 0.254 e. The molecule has 2 aromatic carbocycles. The summed E-state index contributed by atoms with van der Waals surface area (Å²) in [7, 11) is 2.83. The number of ether oxygens (including phenoxy) is 2. The summed E-state index contributed by atoms with van der Waals surface area (Å²) in [6.45, 7) is 3.12. The molecular formula is C30H36N2O7. The minimum Gasteiger partial charge on any atom is -0.390 e. The van der Waals surface area contributed by atoms with Gasteiger partial charge in [-0.25, -0.2) is 0 Å². The van der Waals surface area contributed by atoms with Gasteiger partial charge >= 0.3 is 0 Å². The number of aliphatic hydroxyl groups is 2. The summed E-state index contributed by atoms with van der Waals surface area (Å²) in [5.74, 6) is 4.36. The number of Topliss-reactive ketones (excluding diaryl/α,β-unsaturated/α-hetero) is 1. The van der Waals surface area contributed by atoms with Gasteiger partial charge in [-0.3, -0.25) is 14.4 Å². The molecule has 9 nitrogen and oxygen atoms in total. The van der Waals surface area contributed by atoms with Gasteiger partial charge in [0.15, 0.2) is 17.6 Å². The summed E-state index contributed by atoms with van der Waals surface area (Å²) in [6, 6.07) is 13.5. The van der Waals surface area contributed by atoms with Gasteiger partial charge in [-0.05, 0) is 75.1 Å². The van der Waals surface area contributed by atoms with Crippen molar-refractivity contribution >= 4 is 17.6 Å². The van der Waals surface area contributed by atoms with Crippen molar-refractivity contribution in [1.29, 1.82) is 0 Å². The minimum atomic E-state index is -1.79. The van der Waals surface area contributed by atoms with Crippen LogP contribution in [0.5, 0.6) is 0 Å². The molecule has 208 valence electrons. The predicted octanol–water partition coefficient (Wildman–Crippen LogP) is 2.19. The molecule has 0 spiro atoms. The number of carbonyl (C=O) groups excluding carboxylic acids is 3. The first kappa shape index (κ1) is 30.0. The molecule has 2 aromatic rings. The van der Waals surface area contributed by atoms with Crippen LogP contribution >= 0.6 is 0 Å². The highest BCUT2D eigenvalue weighted by atomic mass is 16.7. The molecule has 3 N–H and O–H groups in total. The maximum atomic E-state index is 13.3. The number of hydrogen-bond donors (Lipinski definition) is 3. The Balaban J connectivity index is 1.70. The quantitative estimate of drug-likeness (QED) is 0.331. The second-order valence-corrected chi connectivity index (χ2v) is 9.68. The number of aliphatic hydroxyl groups excluding tert-OH is 2. The monoisotopic (exact) mass is 536 g/mol. The van der Waals surface area contributed by atoms with E-state index in [2.05, 4.69) is 17.2 Å². The summed E-state index contributed by atoms with van der Waals surface area (Å²) in [4.78, 5) is 40.4. The third-order valence-electron chi connectivity index (χ3n) is 6.92. The molecule has 0 radical (unpaired) electrons. The molecule has 39 heavy (non-hydrogen) atoms. The van der Waals surface area contributed by atoms with Crippen LogP contribution in [0.4, 0.5) is 0 Å². The van der Waals surface area contributed by atoms with E-state index in [9.17, 15) is 24.6 Å². The van der Waals surface area contributed by atoms with Gasteiger partial charge in [0, 0.05) is 37.4 Å². The second-order valence-electron chi connectivity index (χ2n) is 9.68. The molecule has 2 amide bonds. The first-order valence-corrected chi connectivity index (χ1v) is 12.9. The van der Waals surface area contributed by atoms with E-state index in [0.717, 1.165) is 23.3 Å². The van der Waals surface area contributed by atoms with Gasteiger partial charge in [0.1, 0.15) is 12.7 Å². The molecule has 2 unspecified atom stereocenters. The van der Waals surface area contributed by atoms with Crippen molar-refractivity contribution in [1.82, 2.24) is 10.2 Å². The highest BCUT2D eigenvalue weighted by Gasteiger charge is 2.46. The number of carbonyl (C=O) groups is 3. The van der Waals surface area contributed by atoms with E-state index < -0.39 is 41.6 Å². The van der Waals surface area contributed by atoms with E-state index in [1.807, 2.05) is 0 Å². The molecule has 0 aliphatic carbocycles. The fraction of sp³-hybridized carbons (Fsp3) is 0.433. The zero-order chi connectivity index (χ0) is 28.6. The van der Waals surface area contributed by atoms with Gasteiger partial charge in [0.2, 0.25) is 0 Å². The highest BCUT2D eigenvalue weighted by molar-refractivity contribution is 6.14. The first-order chi connectivity index (χ1) is 18.6. The Morgan fingerprint density at radius 2 is 1.67 bits per heavy atom. The number of amides is 2. The van der Waals surface area contributed by atoms with Crippen molar-refractivity contribution in [2.24, 2.45) is 0 Å². The zero-order valence-electron chi connectivity index (χ0n) is 22.8. The first-order valence-electron chi connectivity index (χ1n) is 12.9. The fourth-order valence-corrected chi connectivity index (χ4v) is 4.14. The van der Waals surface area contributed by atoms with Crippen molar-refractivity contribution in [3.8, 4) is 11.8 Å². The fourth-order valence-electron chi connectivity index (χ4n) is 4.14. The minimum absolute atomic E-state index is 0.291. The largest absolute Gasteiger partial charge is 0.390 e. The van der Waals surface area contributed by atoms with Gasteiger partial charge in [0.05, 0.1) is 6.10 Å². The summed E-state index contributed by atoms with van der Waals surface area (Å²) in [6.07, 6.45) is 0.207. The smallest absolute Gasteiger partial charge is 0.254 e. The predicted molar refractivity (Wildman–Crippen MR) is 145 cm³/mol. The summed E-state index contributed by atoms with van der Waals surface area (Å²) in [5, 5.41) is 22.0. The van der Waals surface area contributed by atoms with Crippen molar-refractivity contribution in [2.45, 2.75) is 57.1 Å². The summed E-state index contributed by atoms with van der Waals surface area (Å²) < 4.78 is 11.1. The molecule has 4 atom stereocenters. The van der Waals surface area contributed by atoms with Crippen LogP contribution in [0.25, 0.3) is 0 Å². The van der Waals surface area contributed by atoms with Crippen molar-refractivity contribution < 1.29 is 34.1 Å². The lowest BCUT2D eigenvalue weighted by molar-refractivity contribution is -0.174. The Labute approximate surface area is 229 Å². The third kappa shape index (κ3) is 7.31. The van der Waals surface area contributed by atoms with Crippen LogP contribution in [0.1, 0.15) is 66.3 Å². The van der Waals surface area contributed by atoms with Gasteiger partial charge in [-0.15, -0.1) is 0 Å². The molecule has 9 heteroatoms. The Hall–Kier alpha value is -3.55. The van der Waals surface area contributed by atoms with Crippen LogP contribution in [0.3, 0.4) is 0 Å². The van der Waals surface area contributed by atoms with Gasteiger partial charge in [0.25, 0.3) is 11.8 Å². The second kappa shape index (κ2) is 13.5. The van der Waals surface area contributed by atoms with Crippen LogP contribution in [0.2, 0.25) is 0 Å². The van der Waals surface area contributed by atoms with Gasteiger partial charge in [-0.1, -0.05) is 24.0 Å². The molecule has 1 aliphatic rings. The van der Waals surface area contributed by atoms with Crippen molar-refractivity contribution in [2.75, 3.05) is 27.3 Å². The molecule has 1 fully saturated rings. The lowest BCUT2D eigenvalue weighted by atomic mass is 9.92. The average molecular weight is 537 g/mol. The number of rotatable bonds is 9. The Morgan fingerprint density at radius 3 is 2.18 bits per heavy atom. The Kier molecular flexibility index (Phi) is 10.4. The topological polar surface area (TPSA) is 125 Å². The van der Waals surface area contributed by atoms with E-state index in [1.165, 1.54) is 27.9 Å². The molecular weight excluding hydrogens is 500 g/mol. The summed E-state index contributed by atoms with van der Waals surface area (Å²) >= 11 is 0. The van der Waals surface area contributed by atoms with Crippen molar-refractivity contribution in [3.05, 3.63) is 70.8 Å². The van der Waals surface area contributed by atoms with E-state index >= 15 is 0 Å². The molecule has 3 rings (SSSR count). The number of ketones is 1. The van der Waals surface area contributed by atoms with E-state index in [-0.39, 0.29) is 6.61 Å². The number of nitrogens with zero attached hydrogens (tertiary/aromatic N) is 1. The highest BCUT2D eigenvalue weighted by Crippen LogP contribution is 2.21. The molecule has 1 aliphatic heterocycles. The molecule has 1 saturated heterocycles. The molecule has 0 saturated carbocycles. The van der Waals surface area contributed by atoms with Crippen molar-refractivity contribution in [3.63, 3.8) is 0 Å². The van der Waals surface area contributed by atoms with Crippen LogP contribution in [0.15, 0.2) is 48.5 Å². The Bertz CT molecular complexity index is 1210. The number of nitrogens with one attached hydrogen (secondary N) is 1. The SMILES string of the molecule is CNC(=O)[C@@](C)(C(=O)COC1CCCCO1)N(C)C(=O)c1ccc(C#Cc2ccc([C@H](O)C(C)O)cc2)cc1. The van der Waals surface area contributed by atoms with Crippen LogP contribution in [-0.4, -0.2) is 78.0 Å². The van der Waals surface area contributed by atoms with E-state index in [0.29, 0.717) is 29.7 Å². The standard InChI is InChI=1S/C30H36N2O7/c1-20(33)27(35)23-14-10-21(11-15-23)8-9-22-12-16-24(17-13-22)28(36)32(4)30(2,29(37)31-3)25(34)19-39-26-7-5-6-18-38-26/h10-17,20,26-27,33,35H,5-7,18-19H2,1-4H3,(H,31,37)/t20?,26?,27-,30-/m1/s1. The lowest BCUT2D eigenvalue weighted by Gasteiger charge is -2.36. The van der Waals surface area contributed by atoms with E-state index in [1.54, 1.807) is 48.5 Å². The summed E-state index contributed by atoms with van der Waals surface area (Å²) in [5.41, 5.74) is 0.482. The third-order valence-corrected chi connectivity index (χ3v) is 6.92. The number of benzene rings is 2. The van der Waals surface area contributed by atoms with Crippen LogP contribution < -0.4 is 5.32 Å². The Morgan fingerprint density at radius 1 is 1.08 bits per heavy atom. The molecule has 0 bridgehead atoms. The number of hydrogen-bond acceptors (Lipinski definition) is 7. The molecule has 1 heterocycles. The maximum absolute atomic E-state index is 13.3. The average Bonchev–Trinajstić information content (AvgIpc) is 2.97.